The van der Waals surface area contributed by atoms with Gasteiger partial charge in [-0.2, -0.15) is 0 Å². The van der Waals surface area contributed by atoms with Gasteiger partial charge in [-0.05, 0) is 41.8 Å². The van der Waals surface area contributed by atoms with Crippen LogP contribution in [0, 0.1) is 0 Å². The fraction of sp³-hybridized carbons (Fsp3) is 0. The van der Waals surface area contributed by atoms with Gasteiger partial charge in [0.1, 0.15) is 5.58 Å². The van der Waals surface area contributed by atoms with E-state index in [1.165, 1.54) is 0 Å². The molecule has 5 nitrogen and oxygen atoms in total. The van der Waals surface area contributed by atoms with E-state index in [-0.39, 0.29) is 0 Å². The van der Waals surface area contributed by atoms with Gasteiger partial charge in [0, 0.05) is 39.0 Å². The lowest BCUT2D eigenvalue weighted by Gasteiger charge is -2.10. The number of benzene rings is 4. The topological polar surface area (TPSA) is 64.7 Å². The second-order valence-electron chi connectivity index (χ2n) is 9.97. The first kappa shape index (κ1) is 23.2. The van der Waals surface area contributed by atoms with Gasteiger partial charge in [0.25, 0.3) is 0 Å². The van der Waals surface area contributed by atoms with Crippen LogP contribution in [0.4, 0.5) is 0 Å². The minimum Gasteiger partial charge on any atom is -0.438 e. The molecule has 0 aliphatic rings. The molecule has 8 rings (SSSR count). The summed E-state index contributed by atoms with van der Waals surface area (Å²) in [6, 6.07) is 42.9. The Morgan fingerprint density at radius 2 is 1.17 bits per heavy atom. The maximum Gasteiger partial charge on any atom is 0.227 e. The Morgan fingerprint density at radius 3 is 2.00 bits per heavy atom. The second-order valence-corrected chi connectivity index (χ2v) is 9.97. The summed E-state index contributed by atoms with van der Waals surface area (Å²) in [5, 5.41) is 4.16. The summed E-state index contributed by atoms with van der Waals surface area (Å²) in [6.07, 6.45) is 1.89. The van der Waals surface area contributed by atoms with Crippen LogP contribution in [0.3, 0.4) is 0 Å². The molecule has 192 valence electrons. The average molecular weight is 527 g/mol. The average Bonchev–Trinajstić information content (AvgIpc) is 3.43. The van der Waals surface area contributed by atoms with Crippen molar-refractivity contribution in [1.29, 1.82) is 0 Å². The summed E-state index contributed by atoms with van der Waals surface area (Å²) < 4.78 is 6.02. The van der Waals surface area contributed by atoms with Crippen LogP contribution >= 0.6 is 0 Å². The minimum absolute atomic E-state index is 0.613. The van der Waals surface area contributed by atoms with Gasteiger partial charge < -0.3 is 4.42 Å². The van der Waals surface area contributed by atoms with E-state index in [1.54, 1.807) is 0 Å². The third-order valence-corrected chi connectivity index (χ3v) is 7.35. The van der Waals surface area contributed by atoms with Gasteiger partial charge in [0.05, 0.1) is 22.8 Å². The lowest BCUT2D eigenvalue weighted by atomic mass is 10.0. The number of hydrogen-bond acceptors (Lipinski definition) is 5. The SMILES string of the molecule is c1ccc(-c2cc(-c3ccc4cnc(-c5ccc6c(n5)oc5ccccc56)cc4c3)nc(-c3ccccc3)n2)cc1. The van der Waals surface area contributed by atoms with Crippen LogP contribution in [-0.2, 0) is 0 Å². The van der Waals surface area contributed by atoms with Crippen molar-refractivity contribution < 1.29 is 4.42 Å². The fourth-order valence-corrected chi connectivity index (χ4v) is 5.26. The number of rotatable bonds is 4. The highest BCUT2D eigenvalue weighted by molar-refractivity contribution is 6.04. The monoisotopic (exact) mass is 526 g/mol. The molecule has 0 unspecified atom stereocenters. The molecule has 0 fully saturated rings. The first-order valence-electron chi connectivity index (χ1n) is 13.5. The van der Waals surface area contributed by atoms with Gasteiger partial charge in [0.15, 0.2) is 5.82 Å². The molecule has 0 aliphatic carbocycles. The van der Waals surface area contributed by atoms with E-state index >= 15 is 0 Å². The molecular weight excluding hydrogens is 504 g/mol. The van der Waals surface area contributed by atoms with Crippen LogP contribution in [0.1, 0.15) is 0 Å². The number of nitrogens with zero attached hydrogens (tertiary/aromatic N) is 4. The molecule has 41 heavy (non-hydrogen) atoms. The Bertz CT molecular complexity index is 2150. The summed E-state index contributed by atoms with van der Waals surface area (Å²) >= 11 is 0. The van der Waals surface area contributed by atoms with Crippen molar-refractivity contribution in [2.75, 3.05) is 0 Å². The summed E-state index contributed by atoms with van der Waals surface area (Å²) in [7, 11) is 0. The predicted molar refractivity (Wildman–Crippen MR) is 164 cm³/mol. The molecule has 0 bridgehead atoms. The van der Waals surface area contributed by atoms with Crippen molar-refractivity contribution in [2.24, 2.45) is 0 Å². The highest BCUT2D eigenvalue weighted by atomic mass is 16.3. The first-order valence-corrected chi connectivity index (χ1v) is 13.5. The predicted octanol–water partition coefficient (Wildman–Crippen LogP) is 8.99. The molecule has 0 radical (unpaired) electrons. The summed E-state index contributed by atoms with van der Waals surface area (Å²) in [6.45, 7) is 0. The second kappa shape index (κ2) is 9.50. The van der Waals surface area contributed by atoms with E-state index in [9.17, 15) is 0 Å². The zero-order chi connectivity index (χ0) is 27.2. The van der Waals surface area contributed by atoms with Crippen molar-refractivity contribution in [2.45, 2.75) is 0 Å². The van der Waals surface area contributed by atoms with Crippen molar-refractivity contribution in [3.05, 3.63) is 134 Å². The van der Waals surface area contributed by atoms with Gasteiger partial charge in [-0.3, -0.25) is 4.98 Å². The third kappa shape index (κ3) is 4.21. The fourth-order valence-electron chi connectivity index (χ4n) is 5.26. The van der Waals surface area contributed by atoms with Gasteiger partial charge in [-0.25, -0.2) is 15.0 Å². The Kier molecular flexibility index (Phi) is 5.38. The number of pyridine rings is 2. The van der Waals surface area contributed by atoms with E-state index in [1.807, 2.05) is 79.0 Å². The van der Waals surface area contributed by atoms with Crippen LogP contribution < -0.4 is 0 Å². The van der Waals surface area contributed by atoms with Crippen LogP contribution in [-0.4, -0.2) is 19.9 Å². The zero-order valence-electron chi connectivity index (χ0n) is 21.9. The number of hydrogen-bond donors (Lipinski definition) is 0. The summed E-state index contributed by atoms with van der Waals surface area (Å²) in [5.74, 6) is 0.695. The number of aromatic nitrogens is 4. The largest absolute Gasteiger partial charge is 0.438 e. The summed E-state index contributed by atoms with van der Waals surface area (Å²) in [4.78, 5) is 19.4. The van der Waals surface area contributed by atoms with E-state index in [2.05, 4.69) is 54.6 Å². The zero-order valence-corrected chi connectivity index (χ0v) is 21.9. The Hall–Kier alpha value is -5.68. The molecule has 0 N–H and O–H groups in total. The molecule has 0 atom stereocenters. The van der Waals surface area contributed by atoms with Crippen LogP contribution in [0.15, 0.2) is 138 Å². The lowest BCUT2D eigenvalue weighted by molar-refractivity contribution is 0.654. The Morgan fingerprint density at radius 1 is 0.439 bits per heavy atom. The number of furan rings is 1. The smallest absolute Gasteiger partial charge is 0.227 e. The van der Waals surface area contributed by atoms with E-state index in [0.29, 0.717) is 11.5 Å². The molecule has 5 heteroatoms. The molecule has 8 aromatic rings. The Balaban J connectivity index is 1.24. The highest BCUT2D eigenvalue weighted by Crippen LogP contribution is 2.32. The molecule has 0 amide bonds. The number of fused-ring (bicyclic) bond motifs is 4. The lowest BCUT2D eigenvalue weighted by Crippen LogP contribution is -1.96. The van der Waals surface area contributed by atoms with E-state index in [4.69, 9.17) is 24.4 Å². The summed E-state index contributed by atoms with van der Waals surface area (Å²) in [5.41, 5.74) is 7.78. The quantitative estimate of drug-likeness (QED) is 0.229. The molecule has 4 aromatic carbocycles. The van der Waals surface area contributed by atoms with Gasteiger partial charge in [0.2, 0.25) is 5.71 Å². The van der Waals surface area contributed by atoms with Crippen molar-refractivity contribution in [3.63, 3.8) is 0 Å². The Labute approximate surface area is 235 Å². The van der Waals surface area contributed by atoms with Gasteiger partial charge in [-0.1, -0.05) is 91.0 Å². The first-order chi connectivity index (χ1) is 20.3. The highest BCUT2D eigenvalue weighted by Gasteiger charge is 2.13. The molecule has 0 spiro atoms. The van der Waals surface area contributed by atoms with Crippen molar-refractivity contribution in [1.82, 2.24) is 19.9 Å². The molecular formula is C36H22N4O. The van der Waals surface area contributed by atoms with Crippen LogP contribution in [0.2, 0.25) is 0 Å². The minimum atomic E-state index is 0.613. The van der Waals surface area contributed by atoms with E-state index in [0.717, 1.165) is 66.6 Å². The molecule has 4 aromatic heterocycles. The van der Waals surface area contributed by atoms with Gasteiger partial charge >= 0.3 is 0 Å². The standard InChI is InChI=1S/C36H22N4O/c1-3-9-23(10-4-1)31-21-32(39-35(38-31)24-11-5-2-6-12-24)25-15-16-26-22-37-33(20-27(26)19-25)30-18-17-29-28-13-7-8-14-34(28)41-36(29)40-30/h1-22H. The van der Waals surface area contributed by atoms with Crippen LogP contribution in [0.5, 0.6) is 0 Å². The van der Waals surface area contributed by atoms with E-state index < -0.39 is 0 Å². The normalized spacial score (nSPS) is 11.4. The van der Waals surface area contributed by atoms with Crippen LogP contribution in [0.25, 0.3) is 78.1 Å². The van der Waals surface area contributed by atoms with Gasteiger partial charge in [-0.15, -0.1) is 0 Å². The number of para-hydroxylation sites is 1. The molecule has 0 saturated carbocycles. The van der Waals surface area contributed by atoms with Crippen molar-refractivity contribution in [3.8, 4) is 45.3 Å². The van der Waals surface area contributed by atoms with Crippen molar-refractivity contribution >= 4 is 32.8 Å². The molecule has 4 heterocycles. The maximum absolute atomic E-state index is 6.02. The maximum atomic E-state index is 6.02. The molecule has 0 saturated heterocycles. The third-order valence-electron chi connectivity index (χ3n) is 7.35. The molecule has 0 aliphatic heterocycles.